The lowest BCUT2D eigenvalue weighted by molar-refractivity contribution is 0.184. The SMILES string of the molecule is O=C(O)NC(CN1CCCC1)c1ccccc1. The number of rotatable bonds is 4. The van der Waals surface area contributed by atoms with Gasteiger partial charge in [-0.1, -0.05) is 30.3 Å². The minimum absolute atomic E-state index is 0.133. The second kappa shape index (κ2) is 5.68. The second-order valence-corrected chi connectivity index (χ2v) is 4.42. The van der Waals surface area contributed by atoms with E-state index in [1.54, 1.807) is 0 Å². The van der Waals surface area contributed by atoms with E-state index in [1.807, 2.05) is 30.3 Å². The summed E-state index contributed by atoms with van der Waals surface area (Å²) in [6.07, 6.45) is 1.47. The Morgan fingerprint density at radius 1 is 1.29 bits per heavy atom. The molecule has 1 aromatic rings. The number of likely N-dealkylation sites (tertiary alicyclic amines) is 1. The molecule has 1 aliphatic rings. The third-order valence-corrected chi connectivity index (χ3v) is 3.14. The number of carbonyl (C=O) groups is 1. The Balaban J connectivity index is 2.04. The molecule has 1 aromatic carbocycles. The van der Waals surface area contributed by atoms with Gasteiger partial charge < -0.3 is 15.3 Å². The average Bonchev–Trinajstić information content (AvgIpc) is 2.82. The summed E-state index contributed by atoms with van der Waals surface area (Å²) in [5.74, 6) is 0. The van der Waals surface area contributed by atoms with Crippen molar-refractivity contribution < 1.29 is 9.90 Å². The van der Waals surface area contributed by atoms with Gasteiger partial charge in [0.25, 0.3) is 0 Å². The molecule has 2 N–H and O–H groups in total. The second-order valence-electron chi connectivity index (χ2n) is 4.42. The van der Waals surface area contributed by atoms with Gasteiger partial charge in [0.05, 0.1) is 6.04 Å². The van der Waals surface area contributed by atoms with Crippen molar-refractivity contribution in [1.29, 1.82) is 0 Å². The Morgan fingerprint density at radius 2 is 1.94 bits per heavy atom. The number of nitrogens with zero attached hydrogens (tertiary/aromatic N) is 1. The number of hydrogen-bond acceptors (Lipinski definition) is 2. The first-order valence-corrected chi connectivity index (χ1v) is 6.02. The molecule has 0 aromatic heterocycles. The minimum atomic E-state index is -0.960. The first-order chi connectivity index (χ1) is 8.25. The van der Waals surface area contributed by atoms with E-state index in [0.717, 1.165) is 25.2 Å². The Hall–Kier alpha value is -1.55. The molecule has 0 radical (unpaired) electrons. The van der Waals surface area contributed by atoms with E-state index in [-0.39, 0.29) is 6.04 Å². The van der Waals surface area contributed by atoms with Crippen molar-refractivity contribution in [2.45, 2.75) is 18.9 Å². The van der Waals surface area contributed by atoms with E-state index in [9.17, 15) is 4.79 Å². The molecule has 1 fully saturated rings. The molecule has 4 nitrogen and oxygen atoms in total. The molecule has 17 heavy (non-hydrogen) atoms. The standard InChI is InChI=1S/C13H18N2O2/c16-13(17)14-12(10-15-8-4-5-9-15)11-6-2-1-3-7-11/h1-3,6-7,12,14H,4-5,8-10H2,(H,16,17). The number of benzene rings is 1. The maximum Gasteiger partial charge on any atom is 0.405 e. The topological polar surface area (TPSA) is 52.6 Å². The van der Waals surface area contributed by atoms with Gasteiger partial charge >= 0.3 is 6.09 Å². The Kier molecular flexibility index (Phi) is 3.98. The predicted molar refractivity (Wildman–Crippen MR) is 66.0 cm³/mol. The molecule has 2 rings (SSSR count). The molecule has 1 aliphatic heterocycles. The van der Waals surface area contributed by atoms with E-state index in [1.165, 1.54) is 12.8 Å². The first-order valence-electron chi connectivity index (χ1n) is 6.02. The Bertz CT molecular complexity index is 361. The minimum Gasteiger partial charge on any atom is -0.465 e. The fourth-order valence-electron chi connectivity index (χ4n) is 2.29. The quantitative estimate of drug-likeness (QED) is 0.838. The molecule has 1 atom stereocenters. The summed E-state index contributed by atoms with van der Waals surface area (Å²) in [5.41, 5.74) is 1.03. The molecule has 1 unspecified atom stereocenters. The van der Waals surface area contributed by atoms with Gasteiger partial charge in [-0.05, 0) is 31.5 Å². The van der Waals surface area contributed by atoms with Crippen molar-refractivity contribution in [3.05, 3.63) is 35.9 Å². The van der Waals surface area contributed by atoms with E-state index < -0.39 is 6.09 Å². The van der Waals surface area contributed by atoms with Gasteiger partial charge in [-0.3, -0.25) is 0 Å². The zero-order valence-corrected chi connectivity index (χ0v) is 9.80. The number of hydrogen-bond donors (Lipinski definition) is 2. The molecule has 1 saturated heterocycles. The van der Waals surface area contributed by atoms with Crippen molar-refractivity contribution in [2.24, 2.45) is 0 Å². The van der Waals surface area contributed by atoms with Crippen LogP contribution < -0.4 is 5.32 Å². The van der Waals surface area contributed by atoms with Crippen LogP contribution in [0.4, 0.5) is 4.79 Å². The third-order valence-electron chi connectivity index (χ3n) is 3.14. The predicted octanol–water partition coefficient (Wildman–Crippen LogP) is 2.09. The van der Waals surface area contributed by atoms with Crippen LogP contribution in [0.25, 0.3) is 0 Å². The molecule has 0 saturated carbocycles. The lowest BCUT2D eigenvalue weighted by Gasteiger charge is -2.23. The molecule has 0 bridgehead atoms. The fourth-order valence-corrected chi connectivity index (χ4v) is 2.29. The summed E-state index contributed by atoms with van der Waals surface area (Å²) >= 11 is 0. The van der Waals surface area contributed by atoms with Crippen molar-refractivity contribution >= 4 is 6.09 Å². The lowest BCUT2D eigenvalue weighted by atomic mass is 10.1. The van der Waals surface area contributed by atoms with Gasteiger partial charge in [0, 0.05) is 6.54 Å². The summed E-state index contributed by atoms with van der Waals surface area (Å²) in [5, 5.41) is 11.5. The van der Waals surface area contributed by atoms with Crippen LogP contribution in [-0.4, -0.2) is 35.7 Å². The summed E-state index contributed by atoms with van der Waals surface area (Å²) in [6, 6.07) is 9.63. The van der Waals surface area contributed by atoms with Crippen LogP contribution in [-0.2, 0) is 0 Å². The Morgan fingerprint density at radius 3 is 2.53 bits per heavy atom. The monoisotopic (exact) mass is 234 g/mol. The van der Waals surface area contributed by atoms with Crippen LogP contribution >= 0.6 is 0 Å². The lowest BCUT2D eigenvalue weighted by Crippen LogP contribution is -2.36. The molecule has 0 aliphatic carbocycles. The van der Waals surface area contributed by atoms with Crippen molar-refractivity contribution in [3.8, 4) is 0 Å². The number of nitrogens with one attached hydrogen (secondary N) is 1. The summed E-state index contributed by atoms with van der Waals surface area (Å²) < 4.78 is 0. The van der Waals surface area contributed by atoms with Gasteiger partial charge in [0.1, 0.15) is 0 Å². The zero-order valence-electron chi connectivity index (χ0n) is 9.80. The molecular formula is C13H18N2O2. The zero-order chi connectivity index (χ0) is 12.1. The van der Waals surface area contributed by atoms with E-state index in [4.69, 9.17) is 5.11 Å². The third kappa shape index (κ3) is 3.46. The molecule has 0 spiro atoms. The first kappa shape index (κ1) is 11.9. The van der Waals surface area contributed by atoms with Crippen LogP contribution in [0.5, 0.6) is 0 Å². The molecular weight excluding hydrogens is 216 g/mol. The molecule has 1 amide bonds. The highest BCUT2D eigenvalue weighted by atomic mass is 16.4. The number of carboxylic acid groups (broad SMARTS) is 1. The van der Waals surface area contributed by atoms with Crippen molar-refractivity contribution in [3.63, 3.8) is 0 Å². The van der Waals surface area contributed by atoms with E-state index in [2.05, 4.69) is 10.2 Å². The van der Waals surface area contributed by atoms with Crippen LogP contribution in [0.3, 0.4) is 0 Å². The smallest absolute Gasteiger partial charge is 0.405 e. The van der Waals surface area contributed by atoms with Gasteiger partial charge in [-0.25, -0.2) is 4.79 Å². The van der Waals surface area contributed by atoms with Crippen molar-refractivity contribution in [2.75, 3.05) is 19.6 Å². The average molecular weight is 234 g/mol. The Labute approximate surface area is 101 Å². The molecule has 4 heteroatoms. The number of amides is 1. The van der Waals surface area contributed by atoms with Gasteiger partial charge in [-0.15, -0.1) is 0 Å². The highest BCUT2D eigenvalue weighted by Gasteiger charge is 2.20. The summed E-state index contributed by atoms with van der Waals surface area (Å²) in [7, 11) is 0. The highest BCUT2D eigenvalue weighted by molar-refractivity contribution is 5.65. The van der Waals surface area contributed by atoms with Crippen LogP contribution in [0, 0.1) is 0 Å². The highest BCUT2D eigenvalue weighted by Crippen LogP contribution is 2.17. The fraction of sp³-hybridized carbons (Fsp3) is 0.462. The van der Waals surface area contributed by atoms with Gasteiger partial charge in [0.15, 0.2) is 0 Å². The van der Waals surface area contributed by atoms with Gasteiger partial charge in [-0.2, -0.15) is 0 Å². The largest absolute Gasteiger partial charge is 0.465 e. The molecule has 1 heterocycles. The van der Waals surface area contributed by atoms with Gasteiger partial charge in [0.2, 0.25) is 0 Å². The van der Waals surface area contributed by atoms with Crippen LogP contribution in [0.2, 0.25) is 0 Å². The maximum atomic E-state index is 10.8. The van der Waals surface area contributed by atoms with Crippen molar-refractivity contribution in [1.82, 2.24) is 10.2 Å². The molecule has 92 valence electrons. The van der Waals surface area contributed by atoms with E-state index >= 15 is 0 Å². The summed E-state index contributed by atoms with van der Waals surface area (Å²) in [4.78, 5) is 13.1. The van der Waals surface area contributed by atoms with E-state index in [0.29, 0.717) is 0 Å². The maximum absolute atomic E-state index is 10.8. The normalized spacial score (nSPS) is 17.9. The van der Waals surface area contributed by atoms with Crippen LogP contribution in [0.15, 0.2) is 30.3 Å². The summed E-state index contributed by atoms with van der Waals surface area (Å²) in [6.45, 7) is 2.91. The van der Waals surface area contributed by atoms with Crippen LogP contribution in [0.1, 0.15) is 24.4 Å².